The number of nitrogens with zero attached hydrogens (tertiary/aromatic N) is 6. The highest BCUT2D eigenvalue weighted by Gasteiger charge is 2.49. The van der Waals surface area contributed by atoms with Crippen molar-refractivity contribution in [2.75, 3.05) is 38.7 Å². The summed E-state index contributed by atoms with van der Waals surface area (Å²) in [5.41, 5.74) is -1.02. The molecule has 2 aliphatic heterocycles. The van der Waals surface area contributed by atoms with Crippen molar-refractivity contribution < 1.29 is 41.7 Å². The maximum atomic E-state index is 14.7. The van der Waals surface area contributed by atoms with E-state index in [4.69, 9.17) is 26.1 Å². The van der Waals surface area contributed by atoms with Gasteiger partial charge in [0.25, 0.3) is 17.3 Å². The number of ether oxygens (including phenoxy) is 2. The number of rotatable bonds is 6. The van der Waals surface area contributed by atoms with Crippen LogP contribution in [0.4, 0.5) is 23.2 Å². The average Bonchev–Trinajstić information content (AvgIpc) is 3.68. The zero-order valence-corrected chi connectivity index (χ0v) is 28.6. The maximum Gasteiger partial charge on any atom is 0.416 e. The number of amides is 2. The van der Waals surface area contributed by atoms with Crippen molar-refractivity contribution in [3.05, 3.63) is 79.9 Å². The third kappa shape index (κ3) is 6.04. The molecule has 1 atom stereocenters. The van der Waals surface area contributed by atoms with Crippen molar-refractivity contribution in [1.82, 2.24) is 29.0 Å². The Morgan fingerprint density at radius 3 is 2.63 bits per heavy atom. The number of fused-ring (bicyclic) bond motifs is 3. The highest BCUT2D eigenvalue weighted by Crippen LogP contribution is 2.50. The van der Waals surface area contributed by atoms with Gasteiger partial charge < -0.3 is 29.4 Å². The first-order valence-electron chi connectivity index (χ1n) is 16.4. The fourth-order valence-corrected chi connectivity index (χ4v) is 7.81. The summed E-state index contributed by atoms with van der Waals surface area (Å²) in [6, 6.07) is 2.61. The lowest BCUT2D eigenvalue weighted by Crippen LogP contribution is -2.46. The number of likely N-dealkylation sites (tertiary alicyclic amines) is 1. The van der Waals surface area contributed by atoms with Crippen molar-refractivity contribution >= 4 is 40.5 Å². The number of aromatic hydroxyl groups is 1. The number of alkyl halides is 3. The van der Waals surface area contributed by atoms with Gasteiger partial charge in [0.2, 0.25) is 11.7 Å². The Hall–Kier alpha value is -5.03. The lowest BCUT2D eigenvalue weighted by atomic mass is 9.73. The number of piperidine rings is 1. The molecule has 2 N–H and O–H groups in total. The normalized spacial score (nSPS) is 18.4. The number of carbonyl (C=O) groups is 2. The molecular weight excluding hydrogens is 714 g/mol. The third-order valence-electron chi connectivity index (χ3n) is 9.99. The highest BCUT2D eigenvalue weighted by atomic mass is 35.5. The van der Waals surface area contributed by atoms with E-state index in [1.807, 2.05) is 13.0 Å². The molecule has 1 spiro atoms. The highest BCUT2D eigenvalue weighted by molar-refractivity contribution is 6.33. The Balaban J connectivity index is 1.26. The Bertz CT molecular complexity index is 2210. The molecule has 1 aliphatic carbocycles. The first kappa shape index (κ1) is 35.4. The second kappa shape index (κ2) is 13.2. The Morgan fingerprint density at radius 2 is 1.98 bits per heavy atom. The number of nitrogens with one attached hydrogen (secondary N) is 1. The summed E-state index contributed by atoms with van der Waals surface area (Å²) in [7, 11) is 1.23. The molecule has 2 amide bonds. The predicted molar refractivity (Wildman–Crippen MR) is 178 cm³/mol. The van der Waals surface area contributed by atoms with Crippen molar-refractivity contribution in [3.8, 4) is 11.6 Å². The molecule has 1 aromatic carbocycles. The van der Waals surface area contributed by atoms with Crippen molar-refractivity contribution in [1.29, 1.82) is 0 Å². The molecule has 5 heterocycles. The molecule has 3 aromatic heterocycles. The number of anilines is 1. The molecule has 13 nitrogen and oxygen atoms in total. The number of benzene rings is 1. The summed E-state index contributed by atoms with van der Waals surface area (Å²) in [6.45, 7) is 2.55. The zero-order chi connectivity index (χ0) is 37.1. The molecule has 18 heteroatoms. The predicted octanol–water partition coefficient (Wildman–Crippen LogP) is 4.94. The third-order valence-corrected chi connectivity index (χ3v) is 10.3. The minimum Gasteiger partial charge on any atom is -0.502 e. The van der Waals surface area contributed by atoms with E-state index in [9.17, 15) is 37.1 Å². The number of hydrogen-bond acceptors (Lipinski definition) is 9. The van der Waals surface area contributed by atoms with Gasteiger partial charge in [0.1, 0.15) is 12.1 Å². The summed E-state index contributed by atoms with van der Waals surface area (Å²) in [5, 5.41) is 17.3. The molecule has 274 valence electrons. The first-order chi connectivity index (χ1) is 24.7. The van der Waals surface area contributed by atoms with Crippen LogP contribution in [0.15, 0.2) is 35.3 Å². The quantitative estimate of drug-likeness (QED) is 0.262. The number of hydrogen-bond donors (Lipinski definition) is 2. The zero-order valence-electron chi connectivity index (χ0n) is 27.9. The van der Waals surface area contributed by atoms with Crippen LogP contribution in [0.25, 0.3) is 11.4 Å². The smallest absolute Gasteiger partial charge is 0.416 e. The topological polar surface area (TPSA) is 153 Å². The van der Waals surface area contributed by atoms with E-state index in [1.165, 1.54) is 12.0 Å². The minimum absolute atomic E-state index is 0.0289. The van der Waals surface area contributed by atoms with Crippen LogP contribution in [-0.2, 0) is 27.7 Å². The summed E-state index contributed by atoms with van der Waals surface area (Å²) in [4.78, 5) is 51.2. The van der Waals surface area contributed by atoms with E-state index in [0.717, 1.165) is 34.5 Å². The minimum atomic E-state index is -4.63. The molecule has 0 saturated carbocycles. The molecule has 0 radical (unpaired) electrons. The SMILES string of the molecule is COc1ncc(F)c(C(=O)N2CCC3(CC2)CC(C)c2c3c(=O)n3nc(C4=CCOCC4)nc3n2CC(=O)Nc2ccc(C(F)(F)F)cc2Cl)c1O. The van der Waals surface area contributed by atoms with Crippen LogP contribution in [0.2, 0.25) is 5.02 Å². The van der Waals surface area contributed by atoms with Crippen LogP contribution in [-0.4, -0.2) is 79.4 Å². The van der Waals surface area contributed by atoms with Gasteiger partial charge in [-0.25, -0.2) is 9.37 Å². The van der Waals surface area contributed by atoms with Crippen LogP contribution in [0.3, 0.4) is 0 Å². The first-order valence-corrected chi connectivity index (χ1v) is 16.8. The van der Waals surface area contributed by atoms with Crippen LogP contribution in [0.5, 0.6) is 11.6 Å². The number of methoxy groups -OCH3 is 1. The van der Waals surface area contributed by atoms with Gasteiger partial charge in [0.15, 0.2) is 17.4 Å². The summed E-state index contributed by atoms with van der Waals surface area (Å²) < 4.78 is 67.6. The van der Waals surface area contributed by atoms with Gasteiger partial charge in [0, 0.05) is 29.8 Å². The van der Waals surface area contributed by atoms with Gasteiger partial charge >= 0.3 is 6.18 Å². The lowest BCUT2D eigenvalue weighted by Gasteiger charge is -2.39. The van der Waals surface area contributed by atoms with E-state index < -0.39 is 51.7 Å². The Labute approximate surface area is 297 Å². The van der Waals surface area contributed by atoms with Gasteiger partial charge in [-0.3, -0.25) is 14.4 Å². The monoisotopic (exact) mass is 745 g/mol. The van der Waals surface area contributed by atoms with E-state index in [-0.39, 0.29) is 47.9 Å². The lowest BCUT2D eigenvalue weighted by molar-refractivity contribution is -0.137. The number of carbonyl (C=O) groups excluding carboxylic acids is 2. The van der Waals surface area contributed by atoms with Crippen LogP contribution < -0.4 is 15.6 Å². The molecule has 0 bridgehead atoms. The van der Waals surface area contributed by atoms with Crippen LogP contribution in [0.1, 0.15) is 71.5 Å². The van der Waals surface area contributed by atoms with E-state index in [1.54, 1.807) is 4.57 Å². The summed E-state index contributed by atoms with van der Waals surface area (Å²) >= 11 is 6.13. The fourth-order valence-electron chi connectivity index (χ4n) is 7.58. The molecule has 1 fully saturated rings. The van der Waals surface area contributed by atoms with Crippen molar-refractivity contribution in [3.63, 3.8) is 0 Å². The van der Waals surface area contributed by atoms with Gasteiger partial charge in [-0.15, -0.1) is 5.10 Å². The molecular formula is C34H32ClF4N7O6. The van der Waals surface area contributed by atoms with Gasteiger partial charge in [0.05, 0.1) is 42.8 Å². The van der Waals surface area contributed by atoms with E-state index in [0.29, 0.717) is 56.0 Å². The Kier molecular flexibility index (Phi) is 8.97. The molecule has 4 aromatic rings. The second-order valence-corrected chi connectivity index (χ2v) is 13.5. The standard InChI is InChI=1S/C34H32ClF4N7O6/c1-17-14-33(7-9-44(10-8-33)30(49)24-21(36)15-40-29(51-2)27(24)48)25-26(17)45(16-23(47)41-22-4-3-19(13-20(22)35)34(37,38)39)32-42-28(43-46(32)31(25)50)18-5-11-52-12-6-18/h3-5,13,15,17,48H,6-12,14,16H2,1-2H3,(H,41,47). The van der Waals surface area contributed by atoms with Crippen molar-refractivity contribution in [2.45, 2.75) is 56.7 Å². The van der Waals surface area contributed by atoms with Gasteiger partial charge in [-0.2, -0.15) is 22.7 Å². The molecule has 1 saturated heterocycles. The molecule has 52 heavy (non-hydrogen) atoms. The van der Waals surface area contributed by atoms with Crippen molar-refractivity contribution in [2.24, 2.45) is 0 Å². The summed E-state index contributed by atoms with van der Waals surface area (Å²) in [6.07, 6.45) is -0.421. The van der Waals surface area contributed by atoms with Gasteiger partial charge in [-0.1, -0.05) is 24.6 Å². The fraction of sp³-hybridized carbons (Fsp3) is 0.412. The molecule has 1 unspecified atom stereocenters. The number of pyridine rings is 1. The van der Waals surface area contributed by atoms with E-state index >= 15 is 0 Å². The van der Waals surface area contributed by atoms with E-state index in [2.05, 4.69) is 15.4 Å². The van der Waals surface area contributed by atoms with Crippen LogP contribution in [0, 0.1) is 5.82 Å². The molecule has 3 aliphatic rings. The van der Waals surface area contributed by atoms with Gasteiger partial charge in [-0.05, 0) is 55.4 Å². The maximum absolute atomic E-state index is 14.7. The molecule has 7 rings (SSSR count). The average molecular weight is 746 g/mol. The number of aromatic nitrogens is 5. The largest absolute Gasteiger partial charge is 0.502 e. The second-order valence-electron chi connectivity index (χ2n) is 13.1. The summed E-state index contributed by atoms with van der Waals surface area (Å²) in [5.74, 6) is -3.28. The number of halogens is 5. The Morgan fingerprint density at radius 1 is 1.23 bits per heavy atom. The van der Waals surface area contributed by atoms with Crippen LogP contribution >= 0.6 is 11.6 Å².